The molecule has 0 bridgehead atoms. The average Bonchev–Trinajstić information content (AvgIpc) is 2.61. The quantitative estimate of drug-likeness (QED) is 0.813. The summed E-state index contributed by atoms with van der Waals surface area (Å²) in [4.78, 5) is 14.2. The minimum absolute atomic E-state index is 0.0616. The minimum atomic E-state index is -0.0616. The molecule has 0 aromatic heterocycles. The average molecular weight is 312 g/mol. The molecule has 2 rings (SSSR count). The number of hydrogen-bond acceptors (Lipinski definition) is 3. The molecule has 0 aliphatic carbocycles. The van der Waals surface area contributed by atoms with Crippen molar-refractivity contribution in [1.82, 2.24) is 5.32 Å². The van der Waals surface area contributed by atoms with E-state index in [0.717, 1.165) is 24.4 Å². The number of nitrogens with zero attached hydrogens (tertiary/aromatic N) is 1. The normalized spacial score (nSPS) is 10.2. The van der Waals surface area contributed by atoms with Crippen molar-refractivity contribution >= 4 is 11.6 Å². The van der Waals surface area contributed by atoms with E-state index in [4.69, 9.17) is 4.74 Å². The molecule has 0 saturated carbocycles. The van der Waals surface area contributed by atoms with E-state index in [2.05, 4.69) is 29.3 Å². The minimum Gasteiger partial charge on any atom is -0.494 e. The zero-order chi connectivity index (χ0) is 16.5. The first-order valence-corrected chi connectivity index (χ1v) is 7.98. The highest BCUT2D eigenvalue weighted by Gasteiger charge is 2.06. The van der Waals surface area contributed by atoms with Crippen molar-refractivity contribution < 1.29 is 9.53 Å². The predicted octanol–water partition coefficient (Wildman–Crippen LogP) is 3.34. The summed E-state index contributed by atoms with van der Waals surface area (Å²) in [5.74, 6) is 0.737. The highest BCUT2D eigenvalue weighted by molar-refractivity contribution is 5.94. The zero-order valence-electron chi connectivity index (χ0n) is 13.8. The van der Waals surface area contributed by atoms with Gasteiger partial charge >= 0.3 is 0 Å². The Balaban J connectivity index is 1.78. The van der Waals surface area contributed by atoms with Crippen molar-refractivity contribution in [2.45, 2.75) is 13.3 Å². The summed E-state index contributed by atoms with van der Waals surface area (Å²) in [6.45, 7) is 4.11. The number of amides is 1. The molecule has 0 aliphatic rings. The fourth-order valence-corrected chi connectivity index (χ4v) is 2.17. The SMILES string of the molecule is CCCOc1ccc(C(=O)NCCN(C)c2ccccc2)cc1. The molecule has 0 fully saturated rings. The highest BCUT2D eigenvalue weighted by Crippen LogP contribution is 2.13. The number of carbonyl (C=O) groups is 1. The Morgan fingerprint density at radius 1 is 1.09 bits per heavy atom. The van der Waals surface area contributed by atoms with Gasteiger partial charge in [0.05, 0.1) is 6.61 Å². The summed E-state index contributed by atoms with van der Waals surface area (Å²) in [7, 11) is 2.02. The van der Waals surface area contributed by atoms with Crippen LogP contribution in [-0.4, -0.2) is 32.7 Å². The molecule has 0 heterocycles. The maximum absolute atomic E-state index is 12.1. The lowest BCUT2D eigenvalue weighted by molar-refractivity contribution is 0.0954. The van der Waals surface area contributed by atoms with Crippen LogP contribution >= 0.6 is 0 Å². The molecule has 0 saturated heterocycles. The third kappa shape index (κ3) is 5.33. The van der Waals surface area contributed by atoms with E-state index in [9.17, 15) is 4.79 Å². The van der Waals surface area contributed by atoms with Crippen LogP contribution in [0.15, 0.2) is 54.6 Å². The Labute approximate surface area is 138 Å². The molecule has 2 aromatic rings. The third-order valence-corrected chi connectivity index (χ3v) is 3.52. The van der Waals surface area contributed by atoms with Crippen molar-refractivity contribution in [2.75, 3.05) is 31.6 Å². The topological polar surface area (TPSA) is 41.6 Å². The van der Waals surface area contributed by atoms with Gasteiger partial charge in [0, 0.05) is 31.4 Å². The van der Waals surface area contributed by atoms with E-state index < -0.39 is 0 Å². The number of nitrogens with one attached hydrogen (secondary N) is 1. The molecule has 2 aromatic carbocycles. The van der Waals surface area contributed by atoms with Crippen LogP contribution in [0.25, 0.3) is 0 Å². The van der Waals surface area contributed by atoms with Crippen LogP contribution in [0.2, 0.25) is 0 Å². The van der Waals surface area contributed by atoms with E-state index in [1.165, 1.54) is 0 Å². The Morgan fingerprint density at radius 2 is 1.78 bits per heavy atom. The van der Waals surface area contributed by atoms with Gasteiger partial charge in [-0.15, -0.1) is 0 Å². The van der Waals surface area contributed by atoms with Crippen LogP contribution in [0, 0.1) is 0 Å². The summed E-state index contributed by atoms with van der Waals surface area (Å²) in [6, 6.07) is 17.4. The van der Waals surface area contributed by atoms with Crippen LogP contribution in [0.1, 0.15) is 23.7 Å². The van der Waals surface area contributed by atoms with Crippen molar-refractivity contribution in [1.29, 1.82) is 0 Å². The van der Waals surface area contributed by atoms with Gasteiger partial charge in [0.25, 0.3) is 5.91 Å². The molecule has 1 amide bonds. The maximum atomic E-state index is 12.1. The number of rotatable bonds is 8. The van der Waals surface area contributed by atoms with Gasteiger partial charge in [-0.05, 0) is 42.8 Å². The zero-order valence-corrected chi connectivity index (χ0v) is 13.8. The van der Waals surface area contributed by atoms with Crippen molar-refractivity contribution in [3.05, 3.63) is 60.2 Å². The summed E-state index contributed by atoms with van der Waals surface area (Å²) in [5.41, 5.74) is 1.79. The number of anilines is 1. The molecule has 0 radical (unpaired) electrons. The molecule has 0 atom stereocenters. The lowest BCUT2D eigenvalue weighted by Gasteiger charge is -2.19. The molecule has 4 heteroatoms. The number of ether oxygens (including phenoxy) is 1. The molecular weight excluding hydrogens is 288 g/mol. The van der Waals surface area contributed by atoms with Crippen LogP contribution in [-0.2, 0) is 0 Å². The predicted molar refractivity (Wildman–Crippen MR) is 94.3 cm³/mol. The van der Waals surface area contributed by atoms with E-state index in [0.29, 0.717) is 18.7 Å². The fourth-order valence-electron chi connectivity index (χ4n) is 2.17. The first-order chi connectivity index (χ1) is 11.2. The van der Waals surface area contributed by atoms with Crippen LogP contribution in [0.4, 0.5) is 5.69 Å². The number of hydrogen-bond donors (Lipinski definition) is 1. The molecule has 1 N–H and O–H groups in total. The molecule has 23 heavy (non-hydrogen) atoms. The Morgan fingerprint density at radius 3 is 2.43 bits per heavy atom. The molecule has 0 aliphatic heterocycles. The molecular formula is C19H24N2O2. The van der Waals surface area contributed by atoms with E-state index >= 15 is 0 Å². The monoisotopic (exact) mass is 312 g/mol. The fraction of sp³-hybridized carbons (Fsp3) is 0.316. The first-order valence-electron chi connectivity index (χ1n) is 7.98. The van der Waals surface area contributed by atoms with Crippen molar-refractivity contribution in [2.24, 2.45) is 0 Å². The van der Waals surface area contributed by atoms with Gasteiger partial charge < -0.3 is 15.0 Å². The summed E-state index contributed by atoms with van der Waals surface area (Å²) >= 11 is 0. The van der Waals surface area contributed by atoms with Gasteiger partial charge in [-0.3, -0.25) is 4.79 Å². The Bertz CT molecular complexity index is 597. The lowest BCUT2D eigenvalue weighted by atomic mass is 10.2. The highest BCUT2D eigenvalue weighted by atomic mass is 16.5. The second-order valence-corrected chi connectivity index (χ2v) is 5.39. The maximum Gasteiger partial charge on any atom is 0.251 e. The Kier molecular flexibility index (Phi) is 6.48. The van der Waals surface area contributed by atoms with E-state index in [-0.39, 0.29) is 5.91 Å². The van der Waals surface area contributed by atoms with E-state index in [1.54, 1.807) is 12.1 Å². The molecule has 4 nitrogen and oxygen atoms in total. The van der Waals surface area contributed by atoms with Gasteiger partial charge in [-0.25, -0.2) is 0 Å². The van der Waals surface area contributed by atoms with Gasteiger partial charge in [0.15, 0.2) is 0 Å². The van der Waals surface area contributed by atoms with Crippen LogP contribution in [0.5, 0.6) is 5.75 Å². The van der Waals surface area contributed by atoms with Crippen LogP contribution in [0.3, 0.4) is 0 Å². The Hall–Kier alpha value is -2.49. The number of likely N-dealkylation sites (N-methyl/N-ethyl adjacent to an activating group) is 1. The van der Waals surface area contributed by atoms with Crippen molar-refractivity contribution in [3.8, 4) is 5.75 Å². The van der Waals surface area contributed by atoms with Gasteiger partial charge in [-0.2, -0.15) is 0 Å². The number of para-hydroxylation sites is 1. The summed E-state index contributed by atoms with van der Waals surface area (Å²) in [5, 5.41) is 2.94. The van der Waals surface area contributed by atoms with Gasteiger partial charge in [-0.1, -0.05) is 25.1 Å². The molecule has 122 valence electrons. The first kappa shape index (κ1) is 16.9. The van der Waals surface area contributed by atoms with Gasteiger partial charge in [0.1, 0.15) is 5.75 Å². The largest absolute Gasteiger partial charge is 0.494 e. The smallest absolute Gasteiger partial charge is 0.251 e. The lowest BCUT2D eigenvalue weighted by Crippen LogP contribution is -2.32. The van der Waals surface area contributed by atoms with Crippen LogP contribution < -0.4 is 15.0 Å². The molecule has 0 unspecified atom stereocenters. The number of carbonyl (C=O) groups excluding carboxylic acids is 1. The van der Waals surface area contributed by atoms with E-state index in [1.807, 2.05) is 37.4 Å². The summed E-state index contributed by atoms with van der Waals surface area (Å²) < 4.78 is 5.51. The third-order valence-electron chi connectivity index (χ3n) is 3.52. The second-order valence-electron chi connectivity index (χ2n) is 5.39. The standard InChI is InChI=1S/C19H24N2O2/c1-3-15-23-18-11-9-16(10-12-18)19(22)20-13-14-21(2)17-7-5-4-6-8-17/h4-12H,3,13-15H2,1-2H3,(H,20,22). The van der Waals surface area contributed by atoms with Gasteiger partial charge in [0.2, 0.25) is 0 Å². The second kappa shape index (κ2) is 8.83. The van der Waals surface area contributed by atoms with Crippen molar-refractivity contribution in [3.63, 3.8) is 0 Å². The summed E-state index contributed by atoms with van der Waals surface area (Å²) in [6.07, 6.45) is 0.969. The molecule has 0 spiro atoms. The number of benzene rings is 2.